The number of aliphatic hydroxyl groups excluding tert-OH is 1. The zero-order valence-corrected chi connectivity index (χ0v) is 17.6. The highest BCUT2D eigenvalue weighted by atomic mass is 16.8. The van der Waals surface area contributed by atoms with Crippen molar-refractivity contribution in [3.05, 3.63) is 0 Å². The number of hydrogen-bond acceptors (Lipinski definition) is 6. The average Bonchev–Trinajstić information content (AvgIpc) is 2.92. The van der Waals surface area contributed by atoms with Crippen LogP contribution in [-0.2, 0) is 18.9 Å². The van der Waals surface area contributed by atoms with E-state index in [9.17, 15) is 9.90 Å². The summed E-state index contributed by atoms with van der Waals surface area (Å²) in [5.74, 6) is 0.184. The topological polar surface area (TPSA) is 74.2 Å². The normalized spacial score (nSPS) is 44.0. The second kappa shape index (κ2) is 7.20. The first-order chi connectivity index (χ1) is 12.6. The van der Waals surface area contributed by atoms with E-state index < -0.39 is 24.2 Å². The van der Waals surface area contributed by atoms with Gasteiger partial charge in [-0.25, -0.2) is 4.79 Å². The van der Waals surface area contributed by atoms with E-state index in [2.05, 4.69) is 20.8 Å². The second-order valence-corrected chi connectivity index (χ2v) is 9.59. The van der Waals surface area contributed by atoms with E-state index in [-0.39, 0.29) is 35.4 Å². The summed E-state index contributed by atoms with van der Waals surface area (Å²) >= 11 is 0. The van der Waals surface area contributed by atoms with Crippen molar-refractivity contribution >= 4 is 6.16 Å². The molecule has 1 N–H and O–H groups in total. The van der Waals surface area contributed by atoms with Crippen LogP contribution in [0.25, 0.3) is 0 Å². The molecule has 3 rings (SSSR count). The van der Waals surface area contributed by atoms with E-state index in [0.717, 1.165) is 19.3 Å². The van der Waals surface area contributed by atoms with Gasteiger partial charge in [-0.3, -0.25) is 0 Å². The van der Waals surface area contributed by atoms with Gasteiger partial charge in [-0.1, -0.05) is 27.2 Å². The quantitative estimate of drug-likeness (QED) is 0.553. The Morgan fingerprint density at radius 3 is 2.56 bits per heavy atom. The van der Waals surface area contributed by atoms with E-state index in [1.54, 1.807) is 0 Å². The van der Waals surface area contributed by atoms with Crippen LogP contribution in [0.2, 0.25) is 0 Å². The van der Waals surface area contributed by atoms with Gasteiger partial charge in [0.05, 0.1) is 0 Å². The fraction of sp³-hybridized carbons (Fsp3) is 0.952. The SMILES string of the molecule is CCOC(C)O[C@@]1(C)[C@H](CCO)[C@@]2(C)CCCC(C)(C)[C@@H]2[C@@H]2OC(=O)O[C@@H]21. The molecule has 0 amide bonds. The number of aliphatic hydroxyl groups is 1. The van der Waals surface area contributed by atoms with Crippen molar-refractivity contribution in [2.24, 2.45) is 22.7 Å². The standard InChI is InChI=1S/C21H36O6/c1-7-24-13(2)27-21(6)14(9-12-22)20(5)11-8-10-19(3,4)16(20)15-17(21)26-18(23)25-15/h13-17,22H,7-12H2,1-6H3/t13?,14-,15+,16+,17+,20-,21+/m1/s1. The fourth-order valence-corrected chi connectivity index (χ4v) is 6.77. The zero-order chi connectivity index (χ0) is 20.0. The molecule has 6 nitrogen and oxygen atoms in total. The monoisotopic (exact) mass is 384 g/mol. The van der Waals surface area contributed by atoms with Gasteiger partial charge in [0.25, 0.3) is 0 Å². The first-order valence-corrected chi connectivity index (χ1v) is 10.4. The molecule has 156 valence electrons. The van der Waals surface area contributed by atoms with Crippen LogP contribution in [0.3, 0.4) is 0 Å². The lowest BCUT2D eigenvalue weighted by atomic mass is 9.43. The van der Waals surface area contributed by atoms with Gasteiger partial charge in [-0.05, 0) is 56.8 Å². The maximum absolute atomic E-state index is 12.2. The molecule has 2 aliphatic carbocycles. The summed E-state index contributed by atoms with van der Waals surface area (Å²) in [5.41, 5.74) is -0.891. The molecule has 6 heteroatoms. The molecule has 0 aromatic rings. The van der Waals surface area contributed by atoms with Crippen molar-refractivity contribution in [1.29, 1.82) is 0 Å². The van der Waals surface area contributed by atoms with E-state index in [0.29, 0.717) is 13.0 Å². The van der Waals surface area contributed by atoms with Crippen molar-refractivity contribution in [2.75, 3.05) is 13.2 Å². The molecule has 1 aliphatic heterocycles. The van der Waals surface area contributed by atoms with Crippen LogP contribution in [-0.4, -0.2) is 48.6 Å². The molecule has 1 heterocycles. The fourth-order valence-electron chi connectivity index (χ4n) is 6.77. The molecule has 7 atom stereocenters. The Hall–Kier alpha value is -0.850. The van der Waals surface area contributed by atoms with Crippen molar-refractivity contribution in [3.63, 3.8) is 0 Å². The molecule has 27 heavy (non-hydrogen) atoms. The first kappa shape index (κ1) is 20.9. The van der Waals surface area contributed by atoms with Gasteiger partial charge < -0.3 is 24.1 Å². The molecular weight excluding hydrogens is 348 g/mol. The molecule has 0 bridgehead atoms. The Morgan fingerprint density at radius 2 is 1.93 bits per heavy atom. The van der Waals surface area contributed by atoms with Crippen molar-refractivity contribution < 1.29 is 28.8 Å². The van der Waals surface area contributed by atoms with Crippen LogP contribution in [0.1, 0.15) is 67.2 Å². The van der Waals surface area contributed by atoms with Crippen molar-refractivity contribution in [2.45, 2.75) is 91.3 Å². The predicted molar refractivity (Wildman–Crippen MR) is 100 cm³/mol. The number of rotatable bonds is 6. The molecule has 2 saturated carbocycles. The Labute approximate surface area is 162 Å². The Kier molecular flexibility index (Phi) is 5.56. The van der Waals surface area contributed by atoms with Gasteiger partial charge in [0.15, 0.2) is 12.4 Å². The summed E-state index contributed by atoms with van der Waals surface area (Å²) in [6.45, 7) is 13.2. The largest absolute Gasteiger partial charge is 0.509 e. The third-order valence-corrected chi connectivity index (χ3v) is 7.46. The molecule has 0 radical (unpaired) electrons. The van der Waals surface area contributed by atoms with Gasteiger partial charge in [0.2, 0.25) is 0 Å². The summed E-state index contributed by atoms with van der Waals surface area (Å²) in [7, 11) is 0. The minimum atomic E-state index is -0.785. The average molecular weight is 385 g/mol. The number of fused-ring (bicyclic) bond motifs is 3. The molecule has 0 aromatic carbocycles. The van der Waals surface area contributed by atoms with E-state index in [1.807, 2.05) is 20.8 Å². The molecule has 0 spiro atoms. The van der Waals surface area contributed by atoms with Crippen LogP contribution < -0.4 is 0 Å². The summed E-state index contributed by atoms with van der Waals surface area (Å²) in [5, 5.41) is 9.89. The third kappa shape index (κ3) is 3.28. The smallest absolute Gasteiger partial charge is 0.427 e. The highest BCUT2D eigenvalue weighted by molar-refractivity contribution is 5.63. The van der Waals surface area contributed by atoms with Crippen molar-refractivity contribution in [3.8, 4) is 0 Å². The van der Waals surface area contributed by atoms with E-state index >= 15 is 0 Å². The molecule has 0 aromatic heterocycles. The van der Waals surface area contributed by atoms with Gasteiger partial charge in [0.1, 0.15) is 11.7 Å². The van der Waals surface area contributed by atoms with Crippen LogP contribution in [0.15, 0.2) is 0 Å². The number of carbonyl (C=O) groups excluding carboxylic acids is 1. The number of ether oxygens (including phenoxy) is 4. The van der Waals surface area contributed by atoms with Gasteiger partial charge in [-0.2, -0.15) is 0 Å². The molecular formula is C21H36O6. The maximum Gasteiger partial charge on any atom is 0.509 e. The summed E-state index contributed by atoms with van der Waals surface area (Å²) < 4.78 is 23.5. The minimum Gasteiger partial charge on any atom is -0.427 e. The minimum absolute atomic E-state index is 0.0183. The highest BCUT2D eigenvalue weighted by Crippen LogP contribution is 2.65. The summed E-state index contributed by atoms with van der Waals surface area (Å²) in [4.78, 5) is 12.2. The van der Waals surface area contributed by atoms with Gasteiger partial charge >= 0.3 is 6.16 Å². The third-order valence-electron chi connectivity index (χ3n) is 7.46. The summed E-state index contributed by atoms with van der Waals surface area (Å²) in [6.07, 6.45) is 1.94. The van der Waals surface area contributed by atoms with Crippen molar-refractivity contribution in [1.82, 2.24) is 0 Å². The molecule has 1 saturated heterocycles. The predicted octanol–water partition coefficient (Wildman–Crippen LogP) is 3.89. The lowest BCUT2D eigenvalue weighted by Gasteiger charge is -2.64. The van der Waals surface area contributed by atoms with Gasteiger partial charge in [0, 0.05) is 19.1 Å². The first-order valence-electron chi connectivity index (χ1n) is 10.4. The van der Waals surface area contributed by atoms with Crippen LogP contribution >= 0.6 is 0 Å². The van der Waals surface area contributed by atoms with Crippen LogP contribution in [0.5, 0.6) is 0 Å². The number of carbonyl (C=O) groups is 1. The van der Waals surface area contributed by atoms with Crippen LogP contribution in [0, 0.1) is 22.7 Å². The molecule has 1 unspecified atom stereocenters. The molecule has 3 fully saturated rings. The van der Waals surface area contributed by atoms with Crippen LogP contribution in [0.4, 0.5) is 4.79 Å². The van der Waals surface area contributed by atoms with E-state index in [1.165, 1.54) is 0 Å². The molecule has 3 aliphatic rings. The number of hydrogen-bond donors (Lipinski definition) is 1. The van der Waals surface area contributed by atoms with E-state index in [4.69, 9.17) is 18.9 Å². The maximum atomic E-state index is 12.2. The lowest BCUT2D eigenvalue weighted by molar-refractivity contribution is -0.298. The Bertz CT molecular complexity index is 563. The second-order valence-electron chi connectivity index (χ2n) is 9.59. The summed E-state index contributed by atoms with van der Waals surface area (Å²) in [6, 6.07) is 0. The Morgan fingerprint density at radius 1 is 1.22 bits per heavy atom. The Balaban J connectivity index is 2.08. The van der Waals surface area contributed by atoms with Gasteiger partial charge in [-0.15, -0.1) is 0 Å². The highest BCUT2D eigenvalue weighted by Gasteiger charge is 2.70. The zero-order valence-electron chi connectivity index (χ0n) is 17.6. The lowest BCUT2D eigenvalue weighted by Crippen LogP contribution is -2.70.